The first-order chi connectivity index (χ1) is 8.11. The van der Waals surface area contributed by atoms with Crippen LogP contribution >= 0.6 is 0 Å². The number of aliphatic hydroxyl groups excluding tert-OH is 1. The molecule has 1 N–H and O–H groups in total. The molecule has 1 aromatic carbocycles. The van der Waals surface area contributed by atoms with Gasteiger partial charge in [-0.15, -0.1) is 0 Å². The van der Waals surface area contributed by atoms with E-state index in [0.717, 1.165) is 12.0 Å². The lowest BCUT2D eigenvalue weighted by Gasteiger charge is -2.27. The van der Waals surface area contributed by atoms with Crippen molar-refractivity contribution in [3.63, 3.8) is 0 Å². The summed E-state index contributed by atoms with van der Waals surface area (Å²) in [6.45, 7) is 3.84. The van der Waals surface area contributed by atoms with Crippen LogP contribution in [0.15, 0.2) is 30.3 Å². The summed E-state index contributed by atoms with van der Waals surface area (Å²) in [6, 6.07) is 9.65. The Labute approximate surface area is 103 Å². The van der Waals surface area contributed by atoms with E-state index in [1.807, 2.05) is 44.2 Å². The largest absolute Gasteiger partial charge is 0.394 e. The van der Waals surface area contributed by atoms with Crippen molar-refractivity contribution in [3.8, 4) is 0 Å². The minimum Gasteiger partial charge on any atom is -0.394 e. The zero-order chi connectivity index (χ0) is 12.8. The van der Waals surface area contributed by atoms with Crippen LogP contribution < -0.4 is 0 Å². The third-order valence-electron chi connectivity index (χ3n) is 3.18. The van der Waals surface area contributed by atoms with Crippen LogP contribution in [0.5, 0.6) is 0 Å². The van der Waals surface area contributed by atoms with Crippen molar-refractivity contribution in [2.45, 2.75) is 32.2 Å². The van der Waals surface area contributed by atoms with Gasteiger partial charge in [-0.2, -0.15) is 0 Å². The molecule has 0 bridgehead atoms. The van der Waals surface area contributed by atoms with Crippen LogP contribution in [0.4, 0.5) is 0 Å². The van der Waals surface area contributed by atoms with Crippen molar-refractivity contribution in [1.29, 1.82) is 0 Å². The Balaban J connectivity index is 2.85. The second-order valence-electron chi connectivity index (χ2n) is 4.35. The van der Waals surface area contributed by atoms with Crippen molar-refractivity contribution in [1.82, 2.24) is 4.90 Å². The summed E-state index contributed by atoms with van der Waals surface area (Å²) in [4.78, 5) is 13.9. The third-order valence-corrected chi connectivity index (χ3v) is 3.18. The summed E-state index contributed by atoms with van der Waals surface area (Å²) in [5.41, 5.74) is 1.04. The van der Waals surface area contributed by atoms with E-state index in [1.54, 1.807) is 11.9 Å². The fraction of sp³-hybridized carbons (Fsp3) is 0.500. The van der Waals surface area contributed by atoms with Crippen LogP contribution in [-0.2, 0) is 4.79 Å². The molecule has 3 nitrogen and oxygen atoms in total. The van der Waals surface area contributed by atoms with Crippen molar-refractivity contribution in [3.05, 3.63) is 35.9 Å². The molecule has 0 saturated carbocycles. The smallest absolute Gasteiger partial charge is 0.230 e. The molecule has 2 unspecified atom stereocenters. The van der Waals surface area contributed by atoms with Crippen molar-refractivity contribution < 1.29 is 9.90 Å². The fourth-order valence-corrected chi connectivity index (χ4v) is 1.82. The minimum absolute atomic E-state index is 0.00648. The summed E-state index contributed by atoms with van der Waals surface area (Å²) < 4.78 is 0. The van der Waals surface area contributed by atoms with E-state index in [0.29, 0.717) is 0 Å². The van der Waals surface area contributed by atoms with Gasteiger partial charge >= 0.3 is 0 Å². The molecule has 17 heavy (non-hydrogen) atoms. The zero-order valence-electron chi connectivity index (χ0n) is 10.8. The van der Waals surface area contributed by atoms with Gasteiger partial charge in [0.2, 0.25) is 5.91 Å². The van der Waals surface area contributed by atoms with Gasteiger partial charge in [-0.25, -0.2) is 0 Å². The lowest BCUT2D eigenvalue weighted by atomic mass is 9.95. The lowest BCUT2D eigenvalue weighted by molar-refractivity contribution is -0.134. The van der Waals surface area contributed by atoms with Gasteiger partial charge in [0.15, 0.2) is 0 Å². The average molecular weight is 235 g/mol. The van der Waals surface area contributed by atoms with Crippen molar-refractivity contribution in [2.24, 2.45) is 0 Å². The quantitative estimate of drug-likeness (QED) is 0.848. The van der Waals surface area contributed by atoms with Gasteiger partial charge in [-0.1, -0.05) is 37.3 Å². The molecule has 2 atom stereocenters. The molecule has 0 aliphatic carbocycles. The van der Waals surface area contributed by atoms with Crippen LogP contribution in [0.25, 0.3) is 0 Å². The van der Waals surface area contributed by atoms with Gasteiger partial charge < -0.3 is 10.0 Å². The maximum atomic E-state index is 12.3. The summed E-state index contributed by atoms with van der Waals surface area (Å²) >= 11 is 0. The summed E-state index contributed by atoms with van der Waals surface area (Å²) in [5, 5.41) is 9.09. The summed E-state index contributed by atoms with van der Waals surface area (Å²) in [6.07, 6.45) is 0.769. The van der Waals surface area contributed by atoms with Gasteiger partial charge in [-0.3, -0.25) is 4.79 Å². The number of rotatable bonds is 5. The number of benzene rings is 1. The molecule has 0 aliphatic rings. The third kappa shape index (κ3) is 3.30. The topological polar surface area (TPSA) is 40.5 Å². The first kappa shape index (κ1) is 13.7. The Morgan fingerprint density at radius 2 is 1.94 bits per heavy atom. The monoisotopic (exact) mass is 235 g/mol. The second kappa shape index (κ2) is 6.40. The average Bonchev–Trinajstić information content (AvgIpc) is 2.38. The molecule has 0 radical (unpaired) electrons. The van der Waals surface area contributed by atoms with Crippen LogP contribution in [0.1, 0.15) is 31.7 Å². The molecule has 0 heterocycles. The van der Waals surface area contributed by atoms with E-state index in [-0.39, 0.29) is 24.5 Å². The predicted octanol–water partition coefficient (Wildman–Crippen LogP) is 2.02. The van der Waals surface area contributed by atoms with Crippen molar-refractivity contribution in [2.75, 3.05) is 13.7 Å². The Bertz CT molecular complexity index is 350. The number of carbonyl (C=O) groups is 1. The summed E-state index contributed by atoms with van der Waals surface area (Å²) in [7, 11) is 1.74. The highest BCUT2D eigenvalue weighted by Gasteiger charge is 2.24. The predicted molar refractivity (Wildman–Crippen MR) is 68.8 cm³/mol. The number of nitrogens with zero attached hydrogens (tertiary/aromatic N) is 1. The van der Waals surface area contributed by atoms with Crippen LogP contribution in [-0.4, -0.2) is 35.6 Å². The van der Waals surface area contributed by atoms with E-state index in [9.17, 15) is 4.79 Å². The Hall–Kier alpha value is -1.35. The number of likely N-dealkylation sites (N-methyl/N-ethyl adjacent to an activating group) is 1. The van der Waals surface area contributed by atoms with E-state index in [1.165, 1.54) is 0 Å². The maximum Gasteiger partial charge on any atom is 0.230 e. The molecule has 94 valence electrons. The fourth-order valence-electron chi connectivity index (χ4n) is 1.82. The molecule has 0 saturated heterocycles. The van der Waals surface area contributed by atoms with Gasteiger partial charge in [0.25, 0.3) is 0 Å². The van der Waals surface area contributed by atoms with Crippen LogP contribution in [0.3, 0.4) is 0 Å². The van der Waals surface area contributed by atoms with E-state index >= 15 is 0 Å². The minimum atomic E-state index is -0.139. The molecule has 1 amide bonds. The van der Waals surface area contributed by atoms with E-state index in [2.05, 4.69) is 0 Å². The standard InChI is InChI=1S/C14H21NO2/c1-4-13(12-8-6-5-7-9-12)14(17)15(3)11(2)10-16/h5-9,11,13,16H,4,10H2,1-3H3. The molecule has 0 aromatic heterocycles. The van der Waals surface area contributed by atoms with Crippen LogP contribution in [0.2, 0.25) is 0 Å². The second-order valence-corrected chi connectivity index (χ2v) is 4.35. The molecule has 1 aromatic rings. The summed E-state index contributed by atoms with van der Waals surface area (Å²) in [5.74, 6) is -0.0459. The van der Waals surface area contributed by atoms with E-state index in [4.69, 9.17) is 5.11 Å². The molecule has 3 heteroatoms. The van der Waals surface area contributed by atoms with Gasteiger partial charge in [0, 0.05) is 7.05 Å². The SMILES string of the molecule is CCC(C(=O)N(C)C(C)CO)c1ccccc1. The highest BCUT2D eigenvalue weighted by molar-refractivity contribution is 5.83. The van der Waals surface area contributed by atoms with Crippen molar-refractivity contribution >= 4 is 5.91 Å². The maximum absolute atomic E-state index is 12.3. The lowest BCUT2D eigenvalue weighted by Crippen LogP contribution is -2.40. The Morgan fingerprint density at radius 1 is 1.35 bits per heavy atom. The number of hydrogen-bond donors (Lipinski definition) is 1. The Kier molecular flexibility index (Phi) is 5.16. The highest BCUT2D eigenvalue weighted by atomic mass is 16.3. The number of aliphatic hydroxyl groups is 1. The van der Waals surface area contributed by atoms with Gasteiger partial charge in [0.1, 0.15) is 0 Å². The first-order valence-electron chi connectivity index (χ1n) is 6.04. The highest BCUT2D eigenvalue weighted by Crippen LogP contribution is 2.22. The molecule has 0 aliphatic heterocycles. The van der Waals surface area contributed by atoms with Crippen LogP contribution in [0, 0.1) is 0 Å². The number of amides is 1. The molecule has 1 rings (SSSR count). The molecule has 0 spiro atoms. The van der Waals surface area contributed by atoms with Gasteiger partial charge in [-0.05, 0) is 18.9 Å². The molecular formula is C14H21NO2. The Morgan fingerprint density at radius 3 is 2.41 bits per heavy atom. The first-order valence-corrected chi connectivity index (χ1v) is 6.04. The normalized spacial score (nSPS) is 14.1. The molecule has 0 fully saturated rings. The van der Waals surface area contributed by atoms with E-state index < -0.39 is 0 Å². The number of hydrogen-bond acceptors (Lipinski definition) is 2. The van der Waals surface area contributed by atoms with Gasteiger partial charge in [0.05, 0.1) is 18.6 Å². The zero-order valence-corrected chi connectivity index (χ0v) is 10.8. The molecular weight excluding hydrogens is 214 g/mol. The number of carbonyl (C=O) groups excluding carboxylic acids is 1.